The molecule has 0 bridgehead atoms. The van der Waals surface area contributed by atoms with Gasteiger partial charge in [0.2, 0.25) is 0 Å². The van der Waals surface area contributed by atoms with Gasteiger partial charge in [-0.1, -0.05) is 6.07 Å². The van der Waals surface area contributed by atoms with Crippen molar-refractivity contribution in [1.29, 1.82) is 0 Å². The van der Waals surface area contributed by atoms with Crippen LogP contribution in [-0.2, 0) is 6.54 Å². The summed E-state index contributed by atoms with van der Waals surface area (Å²) in [7, 11) is 3.90. The van der Waals surface area contributed by atoms with Gasteiger partial charge in [-0.25, -0.2) is 0 Å². The molecular weight excluding hydrogens is 186 g/mol. The Labute approximate surface area is 90.2 Å². The summed E-state index contributed by atoms with van der Waals surface area (Å²) in [6.07, 6.45) is 2.55. The highest BCUT2D eigenvalue weighted by molar-refractivity contribution is 5.76. The minimum absolute atomic E-state index is 0.961. The van der Waals surface area contributed by atoms with Crippen LogP contribution in [0.2, 0.25) is 0 Å². The maximum Gasteiger partial charge on any atom is 0.119 e. The fourth-order valence-electron chi connectivity index (χ4n) is 2.34. The van der Waals surface area contributed by atoms with E-state index in [1.54, 1.807) is 12.7 Å². The molecule has 1 aliphatic heterocycles. The van der Waals surface area contributed by atoms with Crippen molar-refractivity contribution in [2.24, 2.45) is 0 Å². The number of fused-ring (bicyclic) bond motifs is 1. The summed E-state index contributed by atoms with van der Waals surface area (Å²) in [4.78, 5) is 2.35. The van der Waals surface area contributed by atoms with Crippen LogP contribution in [0.4, 0.5) is 0 Å². The molecule has 1 fully saturated rings. The molecule has 15 heavy (non-hydrogen) atoms. The van der Waals surface area contributed by atoms with Gasteiger partial charge in [0.05, 0.1) is 7.11 Å². The van der Waals surface area contributed by atoms with Gasteiger partial charge >= 0.3 is 0 Å². The monoisotopic (exact) mass is 201 g/mol. The normalized spacial score (nSPS) is 18.1. The molecule has 78 valence electrons. The Hall–Kier alpha value is -1.44. The molecule has 0 atom stereocenters. The van der Waals surface area contributed by atoms with E-state index in [1.165, 1.54) is 29.7 Å². The zero-order chi connectivity index (χ0) is 10.4. The van der Waals surface area contributed by atoms with Crippen molar-refractivity contribution in [2.45, 2.75) is 19.4 Å². The Morgan fingerprint density at radius 1 is 1.27 bits per heavy atom. The highest BCUT2D eigenvalue weighted by atomic mass is 16.5. The summed E-state index contributed by atoms with van der Waals surface area (Å²) >= 11 is 0. The van der Waals surface area contributed by atoms with Gasteiger partial charge < -0.3 is 9.64 Å². The van der Waals surface area contributed by atoms with Crippen molar-refractivity contribution in [1.82, 2.24) is 4.90 Å². The van der Waals surface area contributed by atoms with Gasteiger partial charge in [-0.15, -0.1) is 0 Å². The minimum atomic E-state index is 0.961. The highest BCUT2D eigenvalue weighted by Gasteiger charge is 2.28. The van der Waals surface area contributed by atoms with E-state index in [0.29, 0.717) is 0 Å². The standard InChI is InChI=1S/C13H15NO/c1-14-8-10-5-6-11(15-2)7-12(10)13(14)9-3-4-9/h5-7H,3-4,8H2,1-2H3. The van der Waals surface area contributed by atoms with Crippen LogP contribution in [-0.4, -0.2) is 19.1 Å². The summed E-state index contributed by atoms with van der Waals surface area (Å²) in [5, 5.41) is 0. The zero-order valence-corrected chi connectivity index (χ0v) is 9.21. The lowest BCUT2D eigenvalue weighted by molar-refractivity contribution is 0.414. The number of ether oxygens (including phenoxy) is 1. The molecule has 1 aromatic carbocycles. The van der Waals surface area contributed by atoms with Crippen LogP contribution in [0.1, 0.15) is 24.0 Å². The van der Waals surface area contributed by atoms with E-state index in [1.807, 2.05) is 6.07 Å². The van der Waals surface area contributed by atoms with E-state index in [9.17, 15) is 0 Å². The Kier molecular flexibility index (Phi) is 1.78. The lowest BCUT2D eigenvalue weighted by Gasteiger charge is -2.12. The quantitative estimate of drug-likeness (QED) is 0.692. The summed E-state index contributed by atoms with van der Waals surface area (Å²) < 4.78 is 5.28. The number of allylic oxidation sites excluding steroid dienone is 1. The zero-order valence-electron chi connectivity index (χ0n) is 9.21. The first-order chi connectivity index (χ1) is 7.29. The van der Waals surface area contributed by atoms with Gasteiger partial charge in [0.25, 0.3) is 0 Å². The van der Waals surface area contributed by atoms with Crippen molar-refractivity contribution in [2.75, 3.05) is 14.2 Å². The predicted molar refractivity (Wildman–Crippen MR) is 60.6 cm³/mol. The van der Waals surface area contributed by atoms with Crippen LogP contribution in [0.3, 0.4) is 0 Å². The van der Waals surface area contributed by atoms with Gasteiger partial charge in [-0.05, 0) is 36.1 Å². The molecule has 0 radical (unpaired) electrons. The van der Waals surface area contributed by atoms with Crippen LogP contribution >= 0.6 is 0 Å². The molecule has 3 rings (SSSR count). The number of hydrogen-bond donors (Lipinski definition) is 0. The first-order valence-electron chi connectivity index (χ1n) is 5.40. The second-order valence-electron chi connectivity index (χ2n) is 4.33. The molecular formula is C13H15NO. The van der Waals surface area contributed by atoms with E-state index in [4.69, 9.17) is 4.74 Å². The van der Waals surface area contributed by atoms with Gasteiger partial charge in [0.1, 0.15) is 5.75 Å². The Morgan fingerprint density at radius 3 is 2.73 bits per heavy atom. The second-order valence-corrected chi connectivity index (χ2v) is 4.33. The van der Waals surface area contributed by atoms with Crippen molar-refractivity contribution < 1.29 is 4.74 Å². The van der Waals surface area contributed by atoms with Crippen LogP contribution in [0, 0.1) is 0 Å². The predicted octanol–water partition coefficient (Wildman–Crippen LogP) is 2.65. The largest absolute Gasteiger partial charge is 0.497 e. The number of rotatable bonds is 1. The number of nitrogens with zero attached hydrogens (tertiary/aromatic N) is 1. The first-order valence-corrected chi connectivity index (χ1v) is 5.40. The molecule has 0 spiro atoms. The van der Waals surface area contributed by atoms with E-state index >= 15 is 0 Å². The fourth-order valence-corrected chi connectivity index (χ4v) is 2.34. The summed E-state index contributed by atoms with van der Waals surface area (Å²) in [6.45, 7) is 1.04. The smallest absolute Gasteiger partial charge is 0.119 e. The molecule has 2 nitrogen and oxygen atoms in total. The average Bonchev–Trinajstić information content (AvgIpc) is 3.00. The molecule has 1 saturated carbocycles. The summed E-state index contributed by atoms with van der Waals surface area (Å²) in [5.41, 5.74) is 5.85. The van der Waals surface area contributed by atoms with Crippen LogP contribution in [0.5, 0.6) is 5.75 Å². The van der Waals surface area contributed by atoms with Crippen LogP contribution in [0.15, 0.2) is 23.8 Å². The molecule has 0 N–H and O–H groups in total. The van der Waals surface area contributed by atoms with Gasteiger partial charge in [0, 0.05) is 24.9 Å². The van der Waals surface area contributed by atoms with Gasteiger partial charge in [-0.2, -0.15) is 0 Å². The maximum atomic E-state index is 5.28. The molecule has 2 aliphatic rings. The number of benzene rings is 1. The van der Waals surface area contributed by atoms with Crippen molar-refractivity contribution in [3.05, 3.63) is 34.9 Å². The van der Waals surface area contributed by atoms with Crippen LogP contribution < -0.4 is 4.74 Å². The van der Waals surface area contributed by atoms with E-state index in [-0.39, 0.29) is 0 Å². The van der Waals surface area contributed by atoms with Crippen LogP contribution in [0.25, 0.3) is 5.70 Å². The van der Waals surface area contributed by atoms with E-state index in [0.717, 1.165) is 12.3 Å². The molecule has 1 aliphatic carbocycles. The Morgan fingerprint density at radius 2 is 2.07 bits per heavy atom. The third-order valence-electron chi connectivity index (χ3n) is 3.20. The van der Waals surface area contributed by atoms with Gasteiger partial charge in [-0.3, -0.25) is 0 Å². The maximum absolute atomic E-state index is 5.28. The third-order valence-corrected chi connectivity index (χ3v) is 3.20. The molecule has 0 unspecified atom stereocenters. The van der Waals surface area contributed by atoms with E-state index in [2.05, 4.69) is 24.1 Å². The molecule has 0 amide bonds. The van der Waals surface area contributed by atoms with Crippen molar-refractivity contribution in [3.8, 4) is 5.75 Å². The van der Waals surface area contributed by atoms with E-state index < -0.39 is 0 Å². The lowest BCUT2D eigenvalue weighted by atomic mass is 10.1. The van der Waals surface area contributed by atoms with Gasteiger partial charge in [0.15, 0.2) is 0 Å². The summed E-state index contributed by atoms with van der Waals surface area (Å²) in [6, 6.07) is 6.40. The molecule has 1 aromatic rings. The topological polar surface area (TPSA) is 12.5 Å². The Bertz CT molecular complexity index is 442. The van der Waals surface area contributed by atoms with Crippen molar-refractivity contribution >= 4 is 5.70 Å². The second kappa shape index (κ2) is 3.02. The third kappa shape index (κ3) is 1.32. The minimum Gasteiger partial charge on any atom is -0.497 e. The number of methoxy groups -OCH3 is 1. The average molecular weight is 201 g/mol. The van der Waals surface area contributed by atoms with Crippen molar-refractivity contribution in [3.63, 3.8) is 0 Å². The first kappa shape index (κ1) is 8.84. The Balaban J connectivity index is 2.14. The fraction of sp³-hybridized carbons (Fsp3) is 0.385. The molecule has 1 heterocycles. The SMILES string of the molecule is COc1ccc2c(c1)C(=C1CC1)N(C)C2. The molecule has 0 aromatic heterocycles. The number of hydrogen-bond acceptors (Lipinski definition) is 2. The molecule has 2 heteroatoms. The summed E-state index contributed by atoms with van der Waals surface area (Å²) in [5.74, 6) is 0.961. The molecule has 0 saturated heterocycles. The highest BCUT2D eigenvalue weighted by Crippen LogP contribution is 2.43. The lowest BCUT2D eigenvalue weighted by Crippen LogP contribution is -2.07.